The van der Waals surface area contributed by atoms with E-state index in [4.69, 9.17) is 0 Å². The Balaban J connectivity index is 2.64. The maximum atomic E-state index is 11.4. The summed E-state index contributed by atoms with van der Waals surface area (Å²) in [5, 5.41) is 9.32. The van der Waals surface area contributed by atoms with Crippen LogP contribution in [-0.2, 0) is 13.5 Å². The summed E-state index contributed by atoms with van der Waals surface area (Å²) < 4.78 is 1.80. The summed E-state index contributed by atoms with van der Waals surface area (Å²) in [6, 6.07) is 0. The van der Waals surface area contributed by atoms with E-state index in [9.17, 15) is 14.7 Å². The molecule has 0 spiro atoms. The largest absolute Gasteiger partial charge is 0.478 e. The van der Waals surface area contributed by atoms with Gasteiger partial charge in [0.05, 0.1) is 11.3 Å². The molecule has 0 aromatic carbocycles. The second-order valence-electron chi connectivity index (χ2n) is 4.94. The molecule has 1 heterocycles. The van der Waals surface area contributed by atoms with Crippen LogP contribution in [0.3, 0.4) is 0 Å². The van der Waals surface area contributed by atoms with Gasteiger partial charge in [0.2, 0.25) is 0 Å². The molecule has 0 unspecified atom stereocenters. The number of nitrogens with zero attached hydrogens (tertiary/aromatic N) is 1. The maximum Gasteiger partial charge on any atom is 0.338 e. The summed E-state index contributed by atoms with van der Waals surface area (Å²) in [5.41, 5.74) is 2.42. The van der Waals surface area contributed by atoms with Crippen LogP contribution in [0.5, 0.6) is 0 Å². The number of rotatable bonds is 4. The molecule has 1 N–H and O–H groups in total. The molecule has 0 radical (unpaired) electrons. The lowest BCUT2D eigenvalue weighted by atomic mass is 9.96. The highest BCUT2D eigenvalue weighted by atomic mass is 16.4. The molecular formula is C14H19NO3. The van der Waals surface area contributed by atoms with Gasteiger partial charge in [-0.1, -0.05) is 19.8 Å². The quantitative estimate of drug-likeness (QED) is 0.835. The van der Waals surface area contributed by atoms with Crippen molar-refractivity contribution in [3.63, 3.8) is 0 Å². The third-order valence-corrected chi connectivity index (χ3v) is 4.01. The zero-order valence-corrected chi connectivity index (χ0v) is 10.9. The molecule has 0 atom stereocenters. The van der Waals surface area contributed by atoms with Gasteiger partial charge in [-0.05, 0) is 30.7 Å². The van der Waals surface area contributed by atoms with E-state index >= 15 is 0 Å². The van der Waals surface area contributed by atoms with Gasteiger partial charge in [-0.25, -0.2) is 4.79 Å². The van der Waals surface area contributed by atoms with Crippen molar-refractivity contribution in [2.75, 3.05) is 0 Å². The van der Waals surface area contributed by atoms with Crippen molar-refractivity contribution < 1.29 is 14.7 Å². The molecule has 1 fully saturated rings. The van der Waals surface area contributed by atoms with E-state index in [0.29, 0.717) is 24.3 Å². The smallest absolute Gasteiger partial charge is 0.338 e. The van der Waals surface area contributed by atoms with Crippen LogP contribution in [0.15, 0.2) is 0 Å². The molecule has 1 saturated carbocycles. The molecule has 0 aliphatic heterocycles. The van der Waals surface area contributed by atoms with Crippen molar-refractivity contribution >= 4 is 12.3 Å². The predicted molar refractivity (Wildman–Crippen MR) is 68.3 cm³/mol. The fraction of sp³-hybridized carbons (Fsp3) is 0.571. The fourth-order valence-electron chi connectivity index (χ4n) is 3.24. The molecule has 1 aromatic heterocycles. The molecule has 0 bridgehead atoms. The van der Waals surface area contributed by atoms with Gasteiger partial charge < -0.3 is 9.67 Å². The van der Waals surface area contributed by atoms with Crippen LogP contribution in [0.2, 0.25) is 0 Å². The molecular weight excluding hydrogens is 230 g/mol. The van der Waals surface area contributed by atoms with Crippen molar-refractivity contribution in [2.45, 2.75) is 44.9 Å². The lowest BCUT2D eigenvalue weighted by Crippen LogP contribution is -2.05. The van der Waals surface area contributed by atoms with Crippen LogP contribution in [0.25, 0.3) is 0 Å². The highest BCUT2D eigenvalue weighted by Gasteiger charge is 2.29. The van der Waals surface area contributed by atoms with Crippen molar-refractivity contribution in [1.82, 2.24) is 4.57 Å². The molecule has 1 aliphatic rings. The Morgan fingerprint density at radius 1 is 1.44 bits per heavy atom. The molecule has 0 saturated heterocycles. The first-order valence-electron chi connectivity index (χ1n) is 6.51. The minimum Gasteiger partial charge on any atom is -0.478 e. The summed E-state index contributed by atoms with van der Waals surface area (Å²) in [6.45, 7) is 1.95. The number of hydrogen-bond donors (Lipinski definition) is 1. The lowest BCUT2D eigenvalue weighted by Gasteiger charge is -2.14. The molecule has 1 aliphatic carbocycles. The molecule has 0 amide bonds. The fourth-order valence-corrected chi connectivity index (χ4v) is 3.24. The maximum absolute atomic E-state index is 11.4. The van der Waals surface area contributed by atoms with Gasteiger partial charge in [0.25, 0.3) is 0 Å². The van der Waals surface area contributed by atoms with Crippen LogP contribution >= 0.6 is 0 Å². The normalized spacial score (nSPS) is 16.1. The summed E-state index contributed by atoms with van der Waals surface area (Å²) in [6.07, 6.45) is 5.91. The Kier molecular flexibility index (Phi) is 3.55. The minimum absolute atomic E-state index is 0.205. The Labute approximate surface area is 107 Å². The van der Waals surface area contributed by atoms with E-state index in [-0.39, 0.29) is 5.56 Å². The molecule has 1 aromatic rings. The molecule has 4 nitrogen and oxygen atoms in total. The number of hydrogen-bond acceptors (Lipinski definition) is 2. The number of carboxylic acid groups (broad SMARTS) is 1. The second kappa shape index (κ2) is 4.96. The lowest BCUT2D eigenvalue weighted by molar-refractivity contribution is 0.0692. The molecule has 4 heteroatoms. The summed E-state index contributed by atoms with van der Waals surface area (Å²) in [7, 11) is 1.81. The summed E-state index contributed by atoms with van der Waals surface area (Å²) >= 11 is 0. The topological polar surface area (TPSA) is 59.3 Å². The first kappa shape index (κ1) is 12.9. The monoisotopic (exact) mass is 249 g/mol. The van der Waals surface area contributed by atoms with E-state index in [2.05, 4.69) is 0 Å². The summed E-state index contributed by atoms with van der Waals surface area (Å²) in [4.78, 5) is 22.5. The third kappa shape index (κ3) is 1.85. The van der Waals surface area contributed by atoms with E-state index in [1.165, 1.54) is 12.8 Å². The van der Waals surface area contributed by atoms with Gasteiger partial charge in [0.1, 0.15) is 0 Å². The number of carbonyl (C=O) groups excluding carboxylic acids is 1. The molecule has 2 rings (SSSR count). The Morgan fingerprint density at radius 3 is 2.50 bits per heavy atom. The molecule has 98 valence electrons. The number of aromatic nitrogens is 1. The number of carbonyl (C=O) groups is 2. The summed E-state index contributed by atoms with van der Waals surface area (Å²) in [5.74, 6) is -0.578. The zero-order chi connectivity index (χ0) is 13.3. The third-order valence-electron chi connectivity index (χ3n) is 4.01. The number of aldehydes is 1. The van der Waals surface area contributed by atoms with E-state index in [1.807, 2.05) is 14.0 Å². The highest BCUT2D eigenvalue weighted by Crippen LogP contribution is 2.38. The van der Waals surface area contributed by atoms with Crippen molar-refractivity contribution in [3.8, 4) is 0 Å². The van der Waals surface area contributed by atoms with E-state index in [1.54, 1.807) is 4.57 Å². The van der Waals surface area contributed by atoms with Crippen LogP contribution < -0.4 is 0 Å². The first-order valence-corrected chi connectivity index (χ1v) is 6.51. The van der Waals surface area contributed by atoms with E-state index < -0.39 is 5.97 Å². The highest BCUT2D eigenvalue weighted by molar-refractivity contribution is 5.98. The number of carboxylic acids is 1. The second-order valence-corrected chi connectivity index (χ2v) is 4.94. The standard InChI is InChI=1S/C14H19NO3/c1-3-10-12(14(17)18)11(8-16)15(2)13(10)9-6-4-5-7-9/h8-9H,3-7H2,1-2H3,(H,17,18). The average molecular weight is 249 g/mol. The Hall–Kier alpha value is -1.58. The SMILES string of the molecule is CCc1c(C(=O)O)c(C=O)n(C)c1C1CCCC1. The Bertz CT molecular complexity index is 482. The van der Waals surface area contributed by atoms with Gasteiger partial charge in [0.15, 0.2) is 6.29 Å². The van der Waals surface area contributed by atoms with Crippen LogP contribution in [0, 0.1) is 0 Å². The number of aromatic carboxylic acids is 1. The van der Waals surface area contributed by atoms with Gasteiger partial charge in [-0.2, -0.15) is 0 Å². The molecule has 18 heavy (non-hydrogen) atoms. The van der Waals surface area contributed by atoms with Gasteiger partial charge in [-0.15, -0.1) is 0 Å². The van der Waals surface area contributed by atoms with Crippen molar-refractivity contribution in [3.05, 3.63) is 22.5 Å². The van der Waals surface area contributed by atoms with Crippen LogP contribution in [-0.4, -0.2) is 21.9 Å². The van der Waals surface area contributed by atoms with Crippen molar-refractivity contribution in [1.29, 1.82) is 0 Å². The minimum atomic E-state index is -0.992. The van der Waals surface area contributed by atoms with Crippen LogP contribution in [0.1, 0.15) is 70.6 Å². The first-order chi connectivity index (χ1) is 8.61. The zero-order valence-electron chi connectivity index (χ0n) is 10.9. The van der Waals surface area contributed by atoms with Gasteiger partial charge in [-0.3, -0.25) is 4.79 Å². The van der Waals surface area contributed by atoms with E-state index in [0.717, 1.165) is 24.1 Å². The van der Waals surface area contributed by atoms with Crippen molar-refractivity contribution in [2.24, 2.45) is 7.05 Å². The average Bonchev–Trinajstić information content (AvgIpc) is 2.93. The Morgan fingerprint density at radius 2 is 2.06 bits per heavy atom. The van der Waals surface area contributed by atoms with Gasteiger partial charge in [0, 0.05) is 12.7 Å². The van der Waals surface area contributed by atoms with Gasteiger partial charge >= 0.3 is 5.97 Å². The van der Waals surface area contributed by atoms with Crippen LogP contribution in [0.4, 0.5) is 0 Å². The predicted octanol–water partition coefficient (Wildman–Crippen LogP) is 2.76.